The normalized spacial score (nSPS) is 12.0. The van der Waals surface area contributed by atoms with Crippen molar-refractivity contribution in [3.63, 3.8) is 0 Å². The first-order valence-electron chi connectivity index (χ1n) is 4.87. The minimum Gasteiger partial charge on any atom is -0.497 e. The summed E-state index contributed by atoms with van der Waals surface area (Å²) in [6.07, 6.45) is 1.87. The molecule has 0 aromatic heterocycles. The van der Waals surface area contributed by atoms with Crippen LogP contribution >= 0.6 is 11.9 Å². The van der Waals surface area contributed by atoms with E-state index in [1.54, 1.807) is 19.1 Å². The van der Waals surface area contributed by atoms with Crippen molar-refractivity contribution in [1.82, 2.24) is 0 Å². The van der Waals surface area contributed by atoms with E-state index in [1.807, 2.05) is 30.5 Å². The molecule has 0 radical (unpaired) electrons. The van der Waals surface area contributed by atoms with Crippen molar-refractivity contribution in [3.8, 4) is 5.75 Å². The summed E-state index contributed by atoms with van der Waals surface area (Å²) in [7, 11) is 1.67. The molecule has 0 aliphatic heterocycles. The number of nitrogens with zero attached hydrogens (tertiary/aromatic N) is 1. The zero-order chi connectivity index (χ0) is 11.3. The van der Waals surface area contributed by atoms with Gasteiger partial charge in [-0.05, 0) is 62.5 Å². The maximum atomic E-state index is 5.08. The van der Waals surface area contributed by atoms with Gasteiger partial charge in [-0.3, -0.25) is 0 Å². The molecule has 15 heavy (non-hydrogen) atoms. The van der Waals surface area contributed by atoms with Gasteiger partial charge in [0.15, 0.2) is 0 Å². The van der Waals surface area contributed by atoms with Crippen LogP contribution in [-0.2, 0) is 0 Å². The molecule has 1 aromatic rings. The van der Waals surface area contributed by atoms with E-state index in [9.17, 15) is 0 Å². The fourth-order valence-electron chi connectivity index (χ4n) is 0.935. The van der Waals surface area contributed by atoms with Gasteiger partial charge in [0.25, 0.3) is 0 Å². The largest absolute Gasteiger partial charge is 0.497 e. The third-order valence-corrected chi connectivity index (χ3v) is 2.40. The third kappa shape index (κ3) is 4.88. The average Bonchev–Trinajstić information content (AvgIpc) is 2.17. The molecular formula is C12H17NOS. The molecule has 3 heteroatoms. The zero-order valence-corrected chi connectivity index (χ0v) is 10.5. The highest BCUT2D eigenvalue weighted by molar-refractivity contribution is 7.99. The summed E-state index contributed by atoms with van der Waals surface area (Å²) in [4.78, 5) is 0. The SMILES string of the molecule is COc1ccc(/C=N/SC(C)(C)C)cc1. The molecule has 82 valence electrons. The second-order valence-electron chi connectivity index (χ2n) is 4.21. The lowest BCUT2D eigenvalue weighted by atomic mass is 10.2. The number of hydrogen-bond donors (Lipinski definition) is 0. The Labute approximate surface area is 95.9 Å². The maximum Gasteiger partial charge on any atom is 0.118 e. The van der Waals surface area contributed by atoms with E-state index in [-0.39, 0.29) is 4.75 Å². The Hall–Kier alpha value is -0.960. The van der Waals surface area contributed by atoms with Gasteiger partial charge in [0.1, 0.15) is 5.75 Å². The van der Waals surface area contributed by atoms with Crippen LogP contribution in [0.5, 0.6) is 5.75 Å². The van der Waals surface area contributed by atoms with E-state index in [2.05, 4.69) is 25.2 Å². The first kappa shape index (κ1) is 12.1. The average molecular weight is 223 g/mol. The number of hydrogen-bond acceptors (Lipinski definition) is 3. The van der Waals surface area contributed by atoms with Crippen LogP contribution in [0.2, 0.25) is 0 Å². The van der Waals surface area contributed by atoms with Gasteiger partial charge in [-0.15, -0.1) is 0 Å². The van der Waals surface area contributed by atoms with E-state index in [4.69, 9.17) is 4.74 Å². The van der Waals surface area contributed by atoms with Crippen LogP contribution in [-0.4, -0.2) is 18.1 Å². The Balaban J connectivity index is 2.57. The van der Waals surface area contributed by atoms with Crippen LogP contribution in [0, 0.1) is 0 Å². The minimum absolute atomic E-state index is 0.170. The van der Waals surface area contributed by atoms with Crippen molar-refractivity contribution in [3.05, 3.63) is 29.8 Å². The van der Waals surface area contributed by atoms with E-state index in [0.29, 0.717) is 0 Å². The fraction of sp³-hybridized carbons (Fsp3) is 0.417. The third-order valence-electron chi connectivity index (χ3n) is 1.64. The van der Waals surface area contributed by atoms with Crippen molar-refractivity contribution >= 4 is 18.2 Å². The predicted octanol–water partition coefficient (Wildman–Crippen LogP) is 3.56. The maximum absolute atomic E-state index is 5.08. The first-order valence-corrected chi connectivity index (χ1v) is 5.64. The molecule has 0 fully saturated rings. The van der Waals surface area contributed by atoms with Crippen LogP contribution in [0.15, 0.2) is 28.7 Å². The van der Waals surface area contributed by atoms with E-state index < -0.39 is 0 Å². The van der Waals surface area contributed by atoms with Gasteiger partial charge in [-0.2, -0.15) is 0 Å². The summed E-state index contributed by atoms with van der Waals surface area (Å²) in [5.74, 6) is 0.871. The molecule has 0 unspecified atom stereocenters. The van der Waals surface area contributed by atoms with Gasteiger partial charge < -0.3 is 4.74 Å². The Kier molecular flexibility index (Phi) is 4.21. The molecule has 1 rings (SSSR count). The topological polar surface area (TPSA) is 21.6 Å². The standard InChI is InChI=1S/C12H17NOS/c1-12(2,3)15-13-9-10-5-7-11(14-4)8-6-10/h5-9H,1-4H3/b13-9+. The lowest BCUT2D eigenvalue weighted by Crippen LogP contribution is -2.04. The lowest BCUT2D eigenvalue weighted by Gasteiger charge is -2.12. The second kappa shape index (κ2) is 5.21. The highest BCUT2D eigenvalue weighted by Gasteiger charge is 2.08. The quantitative estimate of drug-likeness (QED) is 0.577. The van der Waals surface area contributed by atoms with E-state index in [0.717, 1.165) is 11.3 Å². The van der Waals surface area contributed by atoms with Gasteiger partial charge in [-0.1, -0.05) is 0 Å². The van der Waals surface area contributed by atoms with Gasteiger partial charge >= 0.3 is 0 Å². The molecule has 0 bridgehead atoms. The molecule has 1 aromatic carbocycles. The van der Waals surface area contributed by atoms with Crippen LogP contribution in [0.25, 0.3) is 0 Å². The van der Waals surface area contributed by atoms with Crippen molar-refractivity contribution in [2.75, 3.05) is 7.11 Å². The summed E-state index contributed by atoms with van der Waals surface area (Å²) >= 11 is 1.58. The first-order chi connectivity index (χ1) is 7.01. The predicted molar refractivity (Wildman–Crippen MR) is 67.9 cm³/mol. The Morgan fingerprint density at radius 1 is 1.20 bits per heavy atom. The van der Waals surface area contributed by atoms with Crippen LogP contribution in [0.1, 0.15) is 26.3 Å². The molecule has 0 aliphatic rings. The summed E-state index contributed by atoms with van der Waals surface area (Å²) in [5.41, 5.74) is 1.09. The highest BCUT2D eigenvalue weighted by Crippen LogP contribution is 2.23. The number of rotatable bonds is 3. The summed E-state index contributed by atoms with van der Waals surface area (Å²) in [5, 5.41) is 0. The molecule has 0 saturated carbocycles. The summed E-state index contributed by atoms with van der Waals surface area (Å²) < 4.78 is 9.57. The molecule has 0 amide bonds. The Bertz CT molecular complexity index is 324. The molecule has 0 heterocycles. The van der Waals surface area contributed by atoms with Gasteiger partial charge in [0.05, 0.1) is 7.11 Å². The van der Waals surface area contributed by atoms with Crippen molar-refractivity contribution < 1.29 is 4.74 Å². The Morgan fingerprint density at radius 3 is 2.27 bits per heavy atom. The molecule has 0 N–H and O–H groups in total. The Morgan fingerprint density at radius 2 is 1.80 bits per heavy atom. The monoisotopic (exact) mass is 223 g/mol. The summed E-state index contributed by atoms with van der Waals surface area (Å²) in [6.45, 7) is 6.43. The number of ether oxygens (including phenoxy) is 1. The van der Waals surface area contributed by atoms with Crippen LogP contribution in [0.3, 0.4) is 0 Å². The van der Waals surface area contributed by atoms with Crippen molar-refractivity contribution in [1.29, 1.82) is 0 Å². The van der Waals surface area contributed by atoms with Crippen molar-refractivity contribution in [2.24, 2.45) is 4.40 Å². The zero-order valence-electron chi connectivity index (χ0n) is 9.65. The smallest absolute Gasteiger partial charge is 0.118 e. The second-order valence-corrected chi connectivity index (χ2v) is 5.83. The molecule has 0 spiro atoms. The number of methoxy groups -OCH3 is 1. The minimum atomic E-state index is 0.170. The van der Waals surface area contributed by atoms with Crippen molar-refractivity contribution in [2.45, 2.75) is 25.5 Å². The number of benzene rings is 1. The fourth-order valence-corrected chi connectivity index (χ4v) is 1.43. The van der Waals surface area contributed by atoms with E-state index >= 15 is 0 Å². The van der Waals surface area contributed by atoms with E-state index in [1.165, 1.54) is 0 Å². The van der Waals surface area contributed by atoms with Gasteiger partial charge in [0.2, 0.25) is 0 Å². The van der Waals surface area contributed by atoms with Crippen LogP contribution in [0.4, 0.5) is 0 Å². The molecule has 0 atom stereocenters. The highest BCUT2D eigenvalue weighted by atomic mass is 32.2. The lowest BCUT2D eigenvalue weighted by molar-refractivity contribution is 0.415. The molecule has 0 saturated heterocycles. The van der Waals surface area contributed by atoms with Gasteiger partial charge in [-0.25, -0.2) is 4.40 Å². The van der Waals surface area contributed by atoms with Crippen LogP contribution < -0.4 is 4.74 Å². The molecule has 2 nitrogen and oxygen atoms in total. The molecule has 0 aliphatic carbocycles. The van der Waals surface area contributed by atoms with Gasteiger partial charge in [0, 0.05) is 11.0 Å². The summed E-state index contributed by atoms with van der Waals surface area (Å²) in [6, 6.07) is 7.85. The molecular weight excluding hydrogens is 206 g/mol.